The Bertz CT molecular complexity index is 1450. The van der Waals surface area contributed by atoms with Gasteiger partial charge >= 0.3 is 6.03 Å². The molecule has 0 spiro atoms. The molecule has 7 amide bonds. The third-order valence-corrected chi connectivity index (χ3v) is 9.54. The predicted octanol–water partition coefficient (Wildman–Crippen LogP) is 1.51. The third-order valence-electron chi connectivity index (χ3n) is 9.54. The number of Topliss-reactive ketones (excluding diaryl/α,β-unsaturated/α-hetero) is 1. The maximum absolute atomic E-state index is 14.1. The molecule has 3 rings (SSSR count). The number of benzene rings is 1. The second kappa shape index (κ2) is 16.0. The summed E-state index contributed by atoms with van der Waals surface area (Å²) in [4.78, 5) is 95.5. The highest BCUT2D eigenvalue weighted by atomic mass is 16.2. The van der Waals surface area contributed by atoms with Crippen LogP contribution in [0.4, 0.5) is 4.79 Å². The highest BCUT2D eigenvalue weighted by Gasteiger charge is 2.70. The smallest absolute Gasteiger partial charge is 0.315 e. The van der Waals surface area contributed by atoms with Gasteiger partial charge in [0.1, 0.15) is 18.1 Å². The van der Waals surface area contributed by atoms with Gasteiger partial charge in [0.15, 0.2) is 0 Å². The van der Waals surface area contributed by atoms with Gasteiger partial charge in [-0.1, -0.05) is 78.3 Å². The number of ketones is 1. The molecule has 5 N–H and O–H groups in total. The highest BCUT2D eigenvalue weighted by molar-refractivity contribution is 6.38. The molecule has 1 saturated heterocycles. The fourth-order valence-corrected chi connectivity index (χ4v) is 6.69. The van der Waals surface area contributed by atoms with Crippen molar-refractivity contribution in [2.75, 3.05) is 27.2 Å². The van der Waals surface area contributed by atoms with Crippen LogP contribution < -0.4 is 26.6 Å². The van der Waals surface area contributed by atoms with Crippen LogP contribution in [0.15, 0.2) is 30.3 Å². The van der Waals surface area contributed by atoms with Gasteiger partial charge in [0.05, 0.1) is 12.6 Å². The zero-order chi connectivity index (χ0) is 37.7. The Balaban J connectivity index is 1.72. The molecule has 1 aromatic carbocycles. The van der Waals surface area contributed by atoms with E-state index in [0.717, 1.165) is 0 Å². The number of urea groups is 1. The molecule has 14 heteroatoms. The van der Waals surface area contributed by atoms with E-state index >= 15 is 0 Å². The number of nitrogens with one attached hydrogen (secondary N) is 5. The SMILES string of the molecule is CCCC(NC(=O)[C@@H]1C2C(CN1C(=O)[C@@H](NC(=O)NC(C)C)C(C)(C)C)C2(C)C)C(=O)C(=O)NCC(=O)N[C@H](C(=O)N(C)C)c1ccccc1. The minimum atomic E-state index is -1.20. The number of likely N-dealkylation sites (N-methyl/N-ethyl adjacent to an activating group) is 1. The van der Waals surface area contributed by atoms with Crippen LogP contribution in [0.5, 0.6) is 0 Å². The molecular formula is C36H55N7O7. The van der Waals surface area contributed by atoms with E-state index in [2.05, 4.69) is 26.6 Å². The molecule has 276 valence electrons. The van der Waals surface area contributed by atoms with Gasteiger partial charge in [-0.05, 0) is 48.5 Å². The second-order valence-corrected chi connectivity index (χ2v) is 15.5. The number of carbonyl (C=O) groups excluding carboxylic acids is 7. The van der Waals surface area contributed by atoms with Crippen molar-refractivity contribution in [1.82, 2.24) is 36.4 Å². The number of carbonyl (C=O) groups is 7. The molecule has 0 radical (unpaired) electrons. The Labute approximate surface area is 295 Å². The van der Waals surface area contributed by atoms with Crippen LogP contribution >= 0.6 is 0 Å². The van der Waals surface area contributed by atoms with Crippen molar-refractivity contribution in [2.24, 2.45) is 22.7 Å². The largest absolute Gasteiger partial charge is 0.347 e. The molecule has 1 aliphatic carbocycles. The first kappa shape index (κ1) is 39.9. The van der Waals surface area contributed by atoms with Gasteiger partial charge in [-0.25, -0.2) is 4.79 Å². The number of fused-ring (bicyclic) bond motifs is 1. The van der Waals surface area contributed by atoms with E-state index < -0.39 is 71.6 Å². The van der Waals surface area contributed by atoms with Crippen molar-refractivity contribution in [3.05, 3.63) is 35.9 Å². The topological polar surface area (TPSA) is 186 Å². The summed E-state index contributed by atoms with van der Waals surface area (Å²) >= 11 is 0. The van der Waals surface area contributed by atoms with E-state index in [1.807, 2.05) is 48.5 Å². The molecule has 1 saturated carbocycles. The van der Waals surface area contributed by atoms with Gasteiger partial charge < -0.3 is 36.4 Å². The van der Waals surface area contributed by atoms with E-state index in [9.17, 15) is 33.6 Å². The Hall–Kier alpha value is -4.49. The summed E-state index contributed by atoms with van der Waals surface area (Å²) in [6.07, 6.45) is 0.610. The van der Waals surface area contributed by atoms with Gasteiger partial charge in [-0.3, -0.25) is 28.8 Å². The lowest BCUT2D eigenvalue weighted by atomic mass is 9.85. The zero-order valence-electron chi connectivity index (χ0n) is 31.0. The van der Waals surface area contributed by atoms with E-state index in [0.29, 0.717) is 18.5 Å². The molecule has 6 atom stereocenters. The summed E-state index contributed by atoms with van der Waals surface area (Å²) in [5.74, 6) is -4.13. The van der Waals surface area contributed by atoms with E-state index in [-0.39, 0.29) is 35.6 Å². The second-order valence-electron chi connectivity index (χ2n) is 15.5. The summed E-state index contributed by atoms with van der Waals surface area (Å²) in [5.41, 5.74) is -0.351. The monoisotopic (exact) mass is 697 g/mol. The first-order valence-corrected chi connectivity index (χ1v) is 17.3. The summed E-state index contributed by atoms with van der Waals surface area (Å²) in [6, 6.07) is 3.95. The van der Waals surface area contributed by atoms with Crippen LogP contribution in [0.2, 0.25) is 0 Å². The van der Waals surface area contributed by atoms with Gasteiger partial charge in [0.2, 0.25) is 29.4 Å². The lowest BCUT2D eigenvalue weighted by molar-refractivity contribution is -0.145. The minimum absolute atomic E-state index is 0.0496. The van der Waals surface area contributed by atoms with Crippen LogP contribution in [0.1, 0.15) is 79.8 Å². The lowest BCUT2D eigenvalue weighted by Crippen LogP contribution is -2.61. The number of nitrogens with zero attached hydrogens (tertiary/aromatic N) is 2. The predicted molar refractivity (Wildman–Crippen MR) is 187 cm³/mol. The Morgan fingerprint density at radius 2 is 1.56 bits per heavy atom. The number of amides is 7. The van der Waals surface area contributed by atoms with Gasteiger partial charge in [0, 0.05) is 26.7 Å². The van der Waals surface area contributed by atoms with Crippen molar-refractivity contribution in [3.63, 3.8) is 0 Å². The van der Waals surface area contributed by atoms with Gasteiger partial charge in [0.25, 0.3) is 5.91 Å². The molecule has 3 unspecified atom stereocenters. The lowest BCUT2D eigenvalue weighted by Gasteiger charge is -2.38. The number of likely N-dealkylation sites (tertiary alicyclic amines) is 1. The van der Waals surface area contributed by atoms with Crippen LogP contribution in [-0.4, -0.2) is 103 Å². The molecule has 50 heavy (non-hydrogen) atoms. The van der Waals surface area contributed by atoms with Crippen molar-refractivity contribution < 1.29 is 33.6 Å². The van der Waals surface area contributed by atoms with E-state index in [1.54, 1.807) is 51.4 Å². The molecule has 1 aliphatic heterocycles. The Morgan fingerprint density at radius 1 is 0.940 bits per heavy atom. The summed E-state index contributed by atoms with van der Waals surface area (Å²) < 4.78 is 0. The zero-order valence-corrected chi connectivity index (χ0v) is 31.0. The first-order chi connectivity index (χ1) is 23.2. The standard InChI is InChI=1S/C36H55N7O7/c1-11-15-23(28(45)31(47)37-18-24(44)40-26(32(48)42(9)10)21-16-13-12-14-17-21)39-30(46)27-25-22(36(25,7)8)19-43(27)33(49)29(35(4,5)6)41-34(50)38-20(2)3/h12-14,16-17,20,22-23,25-27,29H,11,15,18-19H2,1-10H3,(H,37,47)(H,39,46)(H,40,44)(H2,38,41,50)/t22?,23?,25?,26-,27-,29+/m0/s1. The normalized spacial score (nSPS) is 20.8. The fraction of sp³-hybridized carbons (Fsp3) is 0.639. The number of rotatable bonds is 14. The molecule has 1 heterocycles. The van der Waals surface area contributed by atoms with Crippen LogP contribution in [0.3, 0.4) is 0 Å². The Kier molecular flexibility index (Phi) is 12.8. The molecule has 0 bridgehead atoms. The fourth-order valence-electron chi connectivity index (χ4n) is 6.69. The maximum Gasteiger partial charge on any atom is 0.315 e. The highest BCUT2D eigenvalue weighted by Crippen LogP contribution is 2.65. The number of hydrogen-bond acceptors (Lipinski definition) is 7. The van der Waals surface area contributed by atoms with Crippen LogP contribution in [-0.2, 0) is 28.8 Å². The summed E-state index contributed by atoms with van der Waals surface area (Å²) in [6.45, 7) is 14.7. The van der Waals surface area contributed by atoms with Gasteiger partial charge in [-0.2, -0.15) is 0 Å². The summed E-state index contributed by atoms with van der Waals surface area (Å²) in [5, 5.41) is 13.2. The molecular weight excluding hydrogens is 642 g/mol. The van der Waals surface area contributed by atoms with E-state index in [4.69, 9.17) is 0 Å². The van der Waals surface area contributed by atoms with Gasteiger partial charge in [-0.15, -0.1) is 0 Å². The first-order valence-electron chi connectivity index (χ1n) is 17.3. The average molecular weight is 698 g/mol. The van der Waals surface area contributed by atoms with E-state index in [1.165, 1.54) is 9.80 Å². The summed E-state index contributed by atoms with van der Waals surface area (Å²) in [7, 11) is 3.12. The van der Waals surface area contributed by atoms with Crippen LogP contribution in [0, 0.1) is 22.7 Å². The third kappa shape index (κ3) is 9.39. The molecule has 0 aromatic heterocycles. The number of hydrogen-bond donors (Lipinski definition) is 5. The maximum atomic E-state index is 14.1. The van der Waals surface area contributed by atoms with Crippen molar-refractivity contribution in [3.8, 4) is 0 Å². The van der Waals surface area contributed by atoms with Crippen molar-refractivity contribution in [2.45, 2.75) is 98.4 Å². The average Bonchev–Trinajstić information content (AvgIpc) is 3.33. The number of piperidine rings is 1. The molecule has 14 nitrogen and oxygen atoms in total. The quantitative estimate of drug-likeness (QED) is 0.182. The molecule has 2 aliphatic rings. The Morgan fingerprint density at radius 3 is 2.10 bits per heavy atom. The van der Waals surface area contributed by atoms with Crippen molar-refractivity contribution in [1.29, 1.82) is 0 Å². The van der Waals surface area contributed by atoms with Crippen LogP contribution in [0.25, 0.3) is 0 Å². The molecule has 2 fully saturated rings. The minimum Gasteiger partial charge on any atom is -0.347 e. The molecule has 1 aromatic rings. The van der Waals surface area contributed by atoms with Crippen molar-refractivity contribution >= 4 is 41.4 Å².